The molecular weight excluding hydrogens is 398 g/mol. The molecule has 0 saturated carbocycles. The second-order valence-corrected chi connectivity index (χ2v) is 5.78. The van der Waals surface area contributed by atoms with Gasteiger partial charge in [-0.05, 0) is 34.1 Å². The lowest BCUT2D eigenvalue weighted by molar-refractivity contribution is 0.0473. The molecule has 3 N–H and O–H groups in total. The molecule has 0 amide bonds. The van der Waals surface area contributed by atoms with Gasteiger partial charge in [-0.2, -0.15) is 0 Å². The van der Waals surface area contributed by atoms with Crippen molar-refractivity contribution in [2.75, 3.05) is 19.5 Å². The van der Waals surface area contributed by atoms with Gasteiger partial charge in [-0.1, -0.05) is 0 Å². The quantitative estimate of drug-likeness (QED) is 0.539. The third-order valence-corrected chi connectivity index (χ3v) is 4.07. The van der Waals surface area contributed by atoms with Gasteiger partial charge < -0.3 is 15.2 Å². The van der Waals surface area contributed by atoms with Gasteiger partial charge in [-0.15, -0.1) is 0 Å². The molecule has 25 heavy (non-hydrogen) atoms. The van der Waals surface area contributed by atoms with E-state index >= 15 is 0 Å². The zero-order valence-electron chi connectivity index (χ0n) is 13.3. The molecule has 0 radical (unpaired) electrons. The smallest absolute Gasteiger partial charge is 0.339 e. The Balaban J connectivity index is 2.21. The van der Waals surface area contributed by atoms with Crippen LogP contribution in [0.1, 0.15) is 20.7 Å². The molecule has 1 heterocycles. The van der Waals surface area contributed by atoms with E-state index in [-0.39, 0.29) is 11.4 Å². The largest absolute Gasteiger partial charge is 0.497 e. The van der Waals surface area contributed by atoms with Crippen molar-refractivity contribution in [1.29, 1.82) is 0 Å². The van der Waals surface area contributed by atoms with Crippen molar-refractivity contribution in [2.45, 2.75) is 0 Å². The topological polar surface area (TPSA) is 133 Å². The van der Waals surface area contributed by atoms with Gasteiger partial charge >= 0.3 is 11.7 Å². The van der Waals surface area contributed by atoms with Crippen LogP contribution in [0.2, 0.25) is 0 Å². The summed E-state index contributed by atoms with van der Waals surface area (Å²) in [5.74, 6) is -1.50. The molecule has 0 unspecified atom stereocenters. The van der Waals surface area contributed by atoms with E-state index in [0.29, 0.717) is 10.2 Å². The molecule has 0 saturated heterocycles. The van der Waals surface area contributed by atoms with Gasteiger partial charge in [0.25, 0.3) is 5.56 Å². The lowest BCUT2D eigenvalue weighted by Crippen LogP contribution is -2.35. The van der Waals surface area contributed by atoms with Gasteiger partial charge in [0.1, 0.15) is 17.1 Å². The van der Waals surface area contributed by atoms with Crippen molar-refractivity contribution < 1.29 is 19.1 Å². The number of nitrogen functional groups attached to an aromatic ring is 1. The number of rotatable bonds is 5. The first kappa shape index (κ1) is 18.5. The Morgan fingerprint density at radius 2 is 2.00 bits per heavy atom. The van der Waals surface area contributed by atoms with E-state index in [0.717, 1.165) is 4.57 Å². The van der Waals surface area contributed by atoms with Crippen LogP contribution in [0.3, 0.4) is 0 Å². The van der Waals surface area contributed by atoms with E-state index in [1.165, 1.54) is 20.2 Å². The number of aromatic amines is 1. The Bertz CT molecular complexity index is 963. The summed E-state index contributed by atoms with van der Waals surface area (Å²) in [5.41, 5.74) is 3.63. The Morgan fingerprint density at radius 3 is 2.64 bits per heavy atom. The zero-order valence-corrected chi connectivity index (χ0v) is 14.9. The highest BCUT2D eigenvalue weighted by atomic mass is 79.9. The molecule has 132 valence electrons. The lowest BCUT2D eigenvalue weighted by Gasteiger charge is -2.09. The summed E-state index contributed by atoms with van der Waals surface area (Å²) in [5, 5.41) is 0. The molecule has 0 aliphatic rings. The number of Topliss-reactive ketones (excluding diaryl/α,β-unsaturated/α-hetero) is 1. The van der Waals surface area contributed by atoms with E-state index in [1.54, 1.807) is 12.1 Å². The third kappa shape index (κ3) is 3.79. The van der Waals surface area contributed by atoms with E-state index in [9.17, 15) is 19.2 Å². The number of ketones is 1. The highest BCUT2D eigenvalue weighted by molar-refractivity contribution is 9.10. The predicted molar refractivity (Wildman–Crippen MR) is 92.0 cm³/mol. The number of nitrogens with two attached hydrogens (primary N) is 1. The Kier molecular flexibility index (Phi) is 5.42. The van der Waals surface area contributed by atoms with Crippen LogP contribution in [0.15, 0.2) is 32.3 Å². The van der Waals surface area contributed by atoms with Gasteiger partial charge in [-0.3, -0.25) is 19.1 Å². The van der Waals surface area contributed by atoms with Crippen LogP contribution in [-0.4, -0.2) is 35.0 Å². The fraction of sp³-hybridized carbons (Fsp3) is 0.200. The number of halogens is 1. The van der Waals surface area contributed by atoms with Crippen LogP contribution in [0.25, 0.3) is 0 Å². The normalized spacial score (nSPS) is 10.4. The second-order valence-electron chi connectivity index (χ2n) is 4.92. The van der Waals surface area contributed by atoms with Crippen LogP contribution >= 0.6 is 15.9 Å². The van der Waals surface area contributed by atoms with Crippen molar-refractivity contribution in [1.82, 2.24) is 9.55 Å². The van der Waals surface area contributed by atoms with E-state index < -0.39 is 35.2 Å². The average Bonchev–Trinajstić information content (AvgIpc) is 2.58. The molecule has 0 aliphatic heterocycles. The number of hydrogen-bond donors (Lipinski definition) is 2. The van der Waals surface area contributed by atoms with Crippen LogP contribution in [-0.2, 0) is 11.8 Å². The summed E-state index contributed by atoms with van der Waals surface area (Å²) in [6.45, 7) is -0.714. The standard InChI is InChI=1S/C15H14BrN3O6/c1-19-12(17)11(13(21)18-15(19)23)10(20)6-25-14(22)8-5-7(24-2)3-4-9(8)16/h3-5H,6,17H2,1-2H3,(H,18,21,23). The number of anilines is 1. The number of carbonyl (C=O) groups excluding carboxylic acids is 2. The molecular formula is C15H14BrN3O6. The van der Waals surface area contributed by atoms with Crippen molar-refractivity contribution >= 4 is 33.5 Å². The fourth-order valence-corrected chi connectivity index (χ4v) is 2.38. The number of H-pyrrole nitrogens is 1. The summed E-state index contributed by atoms with van der Waals surface area (Å²) in [6.07, 6.45) is 0. The highest BCUT2D eigenvalue weighted by Gasteiger charge is 2.21. The maximum Gasteiger partial charge on any atom is 0.339 e. The summed E-state index contributed by atoms with van der Waals surface area (Å²) in [6, 6.07) is 4.66. The molecule has 0 aliphatic carbocycles. The first-order chi connectivity index (χ1) is 11.8. The first-order valence-corrected chi connectivity index (χ1v) is 7.68. The van der Waals surface area contributed by atoms with Gasteiger partial charge in [0.2, 0.25) is 5.78 Å². The average molecular weight is 412 g/mol. The Hall–Kier alpha value is -2.88. The summed E-state index contributed by atoms with van der Waals surface area (Å²) in [7, 11) is 2.74. The third-order valence-electron chi connectivity index (χ3n) is 3.38. The summed E-state index contributed by atoms with van der Waals surface area (Å²) < 4.78 is 11.3. The van der Waals surface area contributed by atoms with E-state index in [2.05, 4.69) is 15.9 Å². The van der Waals surface area contributed by atoms with Crippen LogP contribution in [0.5, 0.6) is 5.75 Å². The van der Waals surface area contributed by atoms with Crippen LogP contribution in [0, 0.1) is 0 Å². The number of nitrogens with zero attached hydrogens (tertiary/aromatic N) is 1. The second kappa shape index (κ2) is 7.34. The number of nitrogens with one attached hydrogen (secondary N) is 1. The van der Waals surface area contributed by atoms with Crippen molar-refractivity contribution in [3.63, 3.8) is 0 Å². The van der Waals surface area contributed by atoms with E-state index in [1.807, 2.05) is 4.98 Å². The maximum absolute atomic E-state index is 12.2. The van der Waals surface area contributed by atoms with Gasteiger partial charge in [0.05, 0.1) is 12.7 Å². The number of esters is 1. The molecule has 0 spiro atoms. The number of ether oxygens (including phenoxy) is 2. The minimum absolute atomic E-state index is 0.148. The van der Waals surface area contributed by atoms with Gasteiger partial charge in [0, 0.05) is 11.5 Å². The molecule has 10 heteroatoms. The molecule has 0 fully saturated rings. The van der Waals surface area contributed by atoms with Crippen molar-refractivity contribution in [3.8, 4) is 5.75 Å². The van der Waals surface area contributed by atoms with Crippen molar-refractivity contribution in [2.24, 2.45) is 7.05 Å². The summed E-state index contributed by atoms with van der Waals surface area (Å²) >= 11 is 3.20. The van der Waals surface area contributed by atoms with E-state index in [4.69, 9.17) is 15.2 Å². The van der Waals surface area contributed by atoms with Crippen molar-refractivity contribution in [3.05, 3.63) is 54.6 Å². The summed E-state index contributed by atoms with van der Waals surface area (Å²) in [4.78, 5) is 49.4. The molecule has 2 rings (SSSR count). The zero-order chi connectivity index (χ0) is 18.7. The Morgan fingerprint density at radius 1 is 1.32 bits per heavy atom. The maximum atomic E-state index is 12.2. The monoisotopic (exact) mass is 411 g/mol. The van der Waals surface area contributed by atoms with Gasteiger partial charge in [0.15, 0.2) is 6.61 Å². The van der Waals surface area contributed by atoms with Crippen LogP contribution < -0.4 is 21.7 Å². The number of methoxy groups -OCH3 is 1. The SMILES string of the molecule is COc1ccc(Br)c(C(=O)OCC(=O)c2c(N)n(C)c(=O)[nH]c2=O)c1. The fourth-order valence-electron chi connectivity index (χ4n) is 1.98. The number of aromatic nitrogens is 2. The molecule has 0 bridgehead atoms. The molecule has 0 atom stereocenters. The van der Waals surface area contributed by atoms with Crippen LogP contribution in [0.4, 0.5) is 5.82 Å². The molecule has 1 aromatic heterocycles. The highest BCUT2D eigenvalue weighted by Crippen LogP contribution is 2.23. The first-order valence-electron chi connectivity index (χ1n) is 6.89. The minimum atomic E-state index is -0.941. The predicted octanol–water partition coefficient (Wildman–Crippen LogP) is 0.467. The molecule has 1 aromatic carbocycles. The lowest BCUT2D eigenvalue weighted by atomic mass is 10.2. The number of carbonyl (C=O) groups is 2. The van der Waals surface area contributed by atoms with Gasteiger partial charge in [-0.25, -0.2) is 9.59 Å². The number of benzene rings is 1. The molecule has 2 aromatic rings. The Labute approximate surface area is 149 Å². The molecule has 9 nitrogen and oxygen atoms in total. The number of hydrogen-bond acceptors (Lipinski definition) is 7. The minimum Gasteiger partial charge on any atom is -0.497 e.